The van der Waals surface area contributed by atoms with E-state index in [9.17, 15) is 0 Å². The molecule has 2 N–H and O–H groups in total. The molecule has 1 aliphatic rings. The number of rotatable bonds is 6. The van der Waals surface area contributed by atoms with Crippen LogP contribution in [-0.4, -0.2) is 36.3 Å². The second-order valence-corrected chi connectivity index (χ2v) is 4.51. The maximum Gasteiger partial charge on any atom is 0.132 e. The molecule has 5 nitrogen and oxygen atoms in total. The third-order valence-electron chi connectivity index (χ3n) is 3.14. The maximum absolute atomic E-state index is 5.60. The van der Waals surface area contributed by atoms with Crippen molar-refractivity contribution < 1.29 is 4.74 Å². The van der Waals surface area contributed by atoms with Gasteiger partial charge in [-0.3, -0.25) is 0 Å². The van der Waals surface area contributed by atoms with E-state index in [1.807, 2.05) is 13.1 Å². The molecule has 1 fully saturated rings. The van der Waals surface area contributed by atoms with Crippen molar-refractivity contribution in [2.75, 3.05) is 30.8 Å². The summed E-state index contributed by atoms with van der Waals surface area (Å²) in [4.78, 5) is 8.83. The van der Waals surface area contributed by atoms with Crippen LogP contribution in [0.3, 0.4) is 0 Å². The maximum atomic E-state index is 5.60. The lowest BCUT2D eigenvalue weighted by Crippen LogP contribution is -2.14. The average Bonchev–Trinajstić information content (AvgIpc) is 2.91. The van der Waals surface area contributed by atoms with Gasteiger partial charge in [0.25, 0.3) is 0 Å². The van der Waals surface area contributed by atoms with Crippen LogP contribution in [0.1, 0.15) is 32.0 Å². The Morgan fingerprint density at radius 1 is 1.39 bits per heavy atom. The van der Waals surface area contributed by atoms with Crippen molar-refractivity contribution in [2.45, 2.75) is 38.7 Å². The van der Waals surface area contributed by atoms with Crippen LogP contribution in [-0.2, 0) is 11.2 Å². The van der Waals surface area contributed by atoms with Gasteiger partial charge in [0.2, 0.25) is 0 Å². The molecule has 0 amide bonds. The minimum Gasteiger partial charge on any atom is -0.378 e. The number of aromatic nitrogens is 2. The molecule has 0 bridgehead atoms. The third-order valence-corrected chi connectivity index (χ3v) is 3.14. The highest BCUT2D eigenvalue weighted by Crippen LogP contribution is 2.16. The van der Waals surface area contributed by atoms with Crippen LogP contribution in [0, 0.1) is 0 Å². The molecule has 5 heteroatoms. The summed E-state index contributed by atoms with van der Waals surface area (Å²) in [7, 11) is 1.87. The Kier molecular flexibility index (Phi) is 4.75. The molecule has 0 saturated carbocycles. The predicted molar refractivity (Wildman–Crippen MR) is 73.0 cm³/mol. The summed E-state index contributed by atoms with van der Waals surface area (Å²) in [5.41, 5.74) is 0. The number of ether oxygens (including phenoxy) is 1. The first-order chi connectivity index (χ1) is 8.81. The standard InChI is InChI=1S/C13H22N4O/c1-3-11-16-12(14-2)9-13(17-11)15-7-6-10-5-4-8-18-10/h9-10H,3-8H2,1-2H3,(H2,14,15,16,17). The van der Waals surface area contributed by atoms with Crippen LogP contribution in [0.5, 0.6) is 0 Å². The first-order valence-electron chi connectivity index (χ1n) is 6.73. The van der Waals surface area contributed by atoms with Crippen molar-refractivity contribution in [1.82, 2.24) is 9.97 Å². The molecule has 100 valence electrons. The highest BCUT2D eigenvalue weighted by atomic mass is 16.5. The Labute approximate surface area is 108 Å². The molecule has 0 aliphatic carbocycles. The van der Waals surface area contributed by atoms with Gasteiger partial charge in [0.15, 0.2) is 0 Å². The number of nitrogens with zero attached hydrogens (tertiary/aromatic N) is 2. The molecule has 2 rings (SSSR count). The second kappa shape index (κ2) is 6.54. The Morgan fingerprint density at radius 2 is 2.22 bits per heavy atom. The zero-order valence-electron chi connectivity index (χ0n) is 11.2. The quantitative estimate of drug-likeness (QED) is 0.809. The minimum absolute atomic E-state index is 0.425. The molecular formula is C13H22N4O. The molecule has 1 atom stereocenters. The van der Waals surface area contributed by atoms with Crippen molar-refractivity contribution in [2.24, 2.45) is 0 Å². The first kappa shape index (κ1) is 13.1. The summed E-state index contributed by atoms with van der Waals surface area (Å²) >= 11 is 0. The third kappa shape index (κ3) is 3.57. The lowest BCUT2D eigenvalue weighted by Gasteiger charge is -2.12. The normalized spacial score (nSPS) is 18.9. The van der Waals surface area contributed by atoms with Crippen molar-refractivity contribution in [3.05, 3.63) is 11.9 Å². The number of hydrogen-bond acceptors (Lipinski definition) is 5. The molecule has 0 aromatic carbocycles. The zero-order chi connectivity index (χ0) is 12.8. The van der Waals surface area contributed by atoms with E-state index >= 15 is 0 Å². The summed E-state index contributed by atoms with van der Waals surface area (Å²) in [5, 5.41) is 6.41. The Balaban J connectivity index is 1.87. The lowest BCUT2D eigenvalue weighted by molar-refractivity contribution is 0.107. The number of hydrogen-bond donors (Lipinski definition) is 2. The Bertz CT molecular complexity index is 355. The van der Waals surface area contributed by atoms with Gasteiger partial charge in [-0.1, -0.05) is 6.92 Å². The van der Waals surface area contributed by atoms with Crippen LogP contribution in [0.2, 0.25) is 0 Å². The summed E-state index contributed by atoms with van der Waals surface area (Å²) < 4.78 is 5.60. The van der Waals surface area contributed by atoms with Crippen LogP contribution < -0.4 is 10.6 Å². The largest absolute Gasteiger partial charge is 0.378 e. The Morgan fingerprint density at radius 3 is 2.89 bits per heavy atom. The molecular weight excluding hydrogens is 228 g/mol. The molecule has 0 spiro atoms. The van der Waals surface area contributed by atoms with Crippen molar-refractivity contribution >= 4 is 11.6 Å². The summed E-state index contributed by atoms with van der Waals surface area (Å²) in [6, 6.07) is 1.94. The van der Waals surface area contributed by atoms with Gasteiger partial charge < -0.3 is 15.4 Å². The van der Waals surface area contributed by atoms with Crippen molar-refractivity contribution in [1.29, 1.82) is 0 Å². The van der Waals surface area contributed by atoms with Gasteiger partial charge in [-0.2, -0.15) is 0 Å². The van der Waals surface area contributed by atoms with E-state index in [0.29, 0.717) is 6.10 Å². The zero-order valence-corrected chi connectivity index (χ0v) is 11.2. The minimum atomic E-state index is 0.425. The van der Waals surface area contributed by atoms with Crippen LogP contribution in [0.15, 0.2) is 6.07 Å². The van der Waals surface area contributed by atoms with E-state index in [4.69, 9.17) is 4.74 Å². The SMILES string of the molecule is CCc1nc(NC)cc(NCCC2CCCO2)n1. The van der Waals surface area contributed by atoms with E-state index in [1.54, 1.807) is 0 Å². The topological polar surface area (TPSA) is 59.1 Å². The highest BCUT2D eigenvalue weighted by Gasteiger charge is 2.14. The van der Waals surface area contributed by atoms with E-state index in [0.717, 1.165) is 43.5 Å². The first-order valence-corrected chi connectivity index (χ1v) is 6.73. The van der Waals surface area contributed by atoms with E-state index < -0.39 is 0 Å². The molecule has 2 heterocycles. The van der Waals surface area contributed by atoms with Gasteiger partial charge in [0.1, 0.15) is 17.5 Å². The van der Waals surface area contributed by atoms with Crippen LogP contribution in [0.25, 0.3) is 0 Å². The van der Waals surface area contributed by atoms with Gasteiger partial charge in [0.05, 0.1) is 6.10 Å². The fourth-order valence-corrected chi connectivity index (χ4v) is 2.11. The van der Waals surface area contributed by atoms with Crippen LogP contribution in [0.4, 0.5) is 11.6 Å². The fraction of sp³-hybridized carbons (Fsp3) is 0.692. The average molecular weight is 250 g/mol. The molecule has 0 radical (unpaired) electrons. The molecule has 1 saturated heterocycles. The molecule has 1 aromatic heterocycles. The molecule has 1 unspecified atom stereocenters. The Hall–Kier alpha value is -1.36. The number of aryl methyl sites for hydroxylation is 1. The summed E-state index contributed by atoms with van der Waals surface area (Å²) in [5.74, 6) is 2.62. The second-order valence-electron chi connectivity index (χ2n) is 4.51. The van der Waals surface area contributed by atoms with E-state index in [-0.39, 0.29) is 0 Å². The van der Waals surface area contributed by atoms with Crippen LogP contribution >= 0.6 is 0 Å². The molecule has 1 aromatic rings. The smallest absolute Gasteiger partial charge is 0.132 e. The number of nitrogens with one attached hydrogen (secondary N) is 2. The summed E-state index contributed by atoms with van der Waals surface area (Å²) in [6.07, 6.45) is 4.69. The van der Waals surface area contributed by atoms with Gasteiger partial charge >= 0.3 is 0 Å². The van der Waals surface area contributed by atoms with Gasteiger partial charge in [-0.05, 0) is 19.3 Å². The van der Waals surface area contributed by atoms with E-state index in [2.05, 4.69) is 27.5 Å². The number of anilines is 2. The van der Waals surface area contributed by atoms with Crippen molar-refractivity contribution in [3.8, 4) is 0 Å². The molecule has 1 aliphatic heterocycles. The van der Waals surface area contributed by atoms with Gasteiger partial charge in [-0.15, -0.1) is 0 Å². The predicted octanol–water partition coefficient (Wildman–Crippen LogP) is 2.06. The monoisotopic (exact) mass is 250 g/mol. The van der Waals surface area contributed by atoms with Gasteiger partial charge in [0, 0.05) is 32.7 Å². The van der Waals surface area contributed by atoms with Crippen molar-refractivity contribution in [3.63, 3.8) is 0 Å². The summed E-state index contributed by atoms with van der Waals surface area (Å²) in [6.45, 7) is 3.88. The highest BCUT2D eigenvalue weighted by molar-refractivity contribution is 5.47. The van der Waals surface area contributed by atoms with E-state index in [1.165, 1.54) is 12.8 Å². The fourth-order valence-electron chi connectivity index (χ4n) is 2.11. The lowest BCUT2D eigenvalue weighted by atomic mass is 10.2. The molecule has 18 heavy (non-hydrogen) atoms. The van der Waals surface area contributed by atoms with Gasteiger partial charge in [-0.25, -0.2) is 9.97 Å².